The Bertz CT molecular complexity index is 1450. The first-order chi connectivity index (χ1) is 20.9. The number of rotatable bonds is 15. The number of amides is 3. The molecule has 3 rings (SSSR count). The van der Waals surface area contributed by atoms with E-state index in [9.17, 15) is 44.4 Å². The van der Waals surface area contributed by atoms with Crippen LogP contribution in [-0.4, -0.2) is 74.3 Å². The number of carboxylic acids is 2. The number of benzene rings is 3. The third-order valence-corrected chi connectivity index (χ3v) is 6.65. The standard InChI is InChI=1S/C31H34N4O9/c32-23(14-19-6-10-21(36)11-7-19)28(40)33-25(17-27(38)39)30(42)34-24(15-18-4-2-1-3-5-18)29(41)35-26(31(43)44)16-20-8-12-22(37)13-9-20/h1-13,23-26,36-37H,14-17,32H2,(H,33,40)(H,34,42)(H,35,41)(H,38,39)(H,43,44). The van der Waals surface area contributed by atoms with Gasteiger partial charge < -0.3 is 42.1 Å². The predicted molar refractivity (Wildman–Crippen MR) is 157 cm³/mol. The summed E-state index contributed by atoms with van der Waals surface area (Å²) in [6.07, 6.45) is -0.978. The molecule has 0 saturated heterocycles. The molecular weight excluding hydrogens is 572 g/mol. The van der Waals surface area contributed by atoms with Gasteiger partial charge in [0, 0.05) is 12.8 Å². The minimum atomic E-state index is -1.61. The van der Waals surface area contributed by atoms with Gasteiger partial charge >= 0.3 is 11.9 Å². The maximum Gasteiger partial charge on any atom is 0.326 e. The number of aromatic hydroxyl groups is 2. The lowest BCUT2D eigenvalue weighted by atomic mass is 10.0. The second kappa shape index (κ2) is 15.7. The third kappa shape index (κ3) is 10.4. The first-order valence-corrected chi connectivity index (χ1v) is 13.6. The first-order valence-electron chi connectivity index (χ1n) is 13.6. The van der Waals surface area contributed by atoms with Gasteiger partial charge in [-0.2, -0.15) is 0 Å². The van der Waals surface area contributed by atoms with Crippen LogP contribution < -0.4 is 21.7 Å². The van der Waals surface area contributed by atoms with E-state index in [-0.39, 0.29) is 30.8 Å². The largest absolute Gasteiger partial charge is 0.508 e. The SMILES string of the molecule is NC(Cc1ccc(O)cc1)C(=O)NC(CC(=O)O)C(=O)NC(Cc1ccccc1)C(=O)NC(Cc1ccc(O)cc1)C(=O)O. The summed E-state index contributed by atoms with van der Waals surface area (Å²) in [6, 6.07) is 14.7. The highest BCUT2D eigenvalue weighted by molar-refractivity contribution is 5.95. The van der Waals surface area contributed by atoms with Crippen LogP contribution in [0, 0.1) is 0 Å². The van der Waals surface area contributed by atoms with Gasteiger partial charge in [-0.3, -0.25) is 19.2 Å². The Hall–Kier alpha value is -5.43. The number of carbonyl (C=O) groups is 5. The number of hydrogen-bond acceptors (Lipinski definition) is 8. The zero-order valence-corrected chi connectivity index (χ0v) is 23.6. The van der Waals surface area contributed by atoms with Crippen molar-refractivity contribution in [3.05, 3.63) is 95.6 Å². The zero-order chi connectivity index (χ0) is 32.2. The van der Waals surface area contributed by atoms with Crippen molar-refractivity contribution in [1.82, 2.24) is 16.0 Å². The normalized spacial score (nSPS) is 13.5. The van der Waals surface area contributed by atoms with Gasteiger partial charge in [-0.15, -0.1) is 0 Å². The molecule has 3 aromatic rings. The molecule has 0 aromatic heterocycles. The predicted octanol–water partition coefficient (Wildman–Crippen LogP) is 0.467. The molecule has 0 radical (unpaired) electrons. The number of phenolic OH excluding ortho intramolecular Hbond substituents is 2. The Balaban J connectivity index is 1.76. The quantitative estimate of drug-likeness (QED) is 0.119. The van der Waals surface area contributed by atoms with Gasteiger partial charge in [-0.25, -0.2) is 4.79 Å². The van der Waals surface area contributed by atoms with Crippen molar-refractivity contribution in [2.24, 2.45) is 5.73 Å². The molecular formula is C31H34N4O9. The van der Waals surface area contributed by atoms with E-state index in [4.69, 9.17) is 5.73 Å². The van der Waals surface area contributed by atoms with Gasteiger partial charge in [0.1, 0.15) is 29.6 Å². The van der Waals surface area contributed by atoms with E-state index >= 15 is 0 Å². The minimum absolute atomic E-state index is 0.0142. The second-order valence-corrected chi connectivity index (χ2v) is 10.2. The van der Waals surface area contributed by atoms with Gasteiger partial charge in [-0.1, -0.05) is 54.6 Å². The second-order valence-electron chi connectivity index (χ2n) is 10.2. The molecule has 232 valence electrons. The lowest BCUT2D eigenvalue weighted by molar-refractivity contribution is -0.143. The Morgan fingerprint density at radius 1 is 0.568 bits per heavy atom. The van der Waals surface area contributed by atoms with E-state index in [0.29, 0.717) is 16.7 Å². The summed E-state index contributed by atoms with van der Waals surface area (Å²) < 4.78 is 0. The van der Waals surface area contributed by atoms with Crippen LogP contribution in [0.25, 0.3) is 0 Å². The fourth-order valence-corrected chi connectivity index (χ4v) is 4.31. The van der Waals surface area contributed by atoms with Crippen LogP contribution in [0.1, 0.15) is 23.1 Å². The van der Waals surface area contributed by atoms with Crippen LogP contribution in [0.15, 0.2) is 78.9 Å². The van der Waals surface area contributed by atoms with Crippen molar-refractivity contribution in [1.29, 1.82) is 0 Å². The molecule has 3 amide bonds. The molecule has 0 aliphatic rings. The molecule has 3 aromatic carbocycles. The van der Waals surface area contributed by atoms with E-state index in [1.54, 1.807) is 42.5 Å². The van der Waals surface area contributed by atoms with Crippen molar-refractivity contribution in [2.45, 2.75) is 49.9 Å². The van der Waals surface area contributed by atoms with Crippen molar-refractivity contribution in [3.8, 4) is 11.5 Å². The zero-order valence-electron chi connectivity index (χ0n) is 23.6. The van der Waals surface area contributed by atoms with Crippen molar-refractivity contribution in [3.63, 3.8) is 0 Å². The average molecular weight is 607 g/mol. The molecule has 4 atom stereocenters. The van der Waals surface area contributed by atoms with Gasteiger partial charge in [0.05, 0.1) is 12.5 Å². The molecule has 13 heteroatoms. The van der Waals surface area contributed by atoms with Crippen molar-refractivity contribution >= 4 is 29.7 Å². The van der Waals surface area contributed by atoms with E-state index < -0.39 is 60.2 Å². The Kier molecular flexibility index (Phi) is 11.8. The van der Waals surface area contributed by atoms with E-state index in [2.05, 4.69) is 16.0 Å². The summed E-state index contributed by atoms with van der Waals surface area (Å²) in [6.45, 7) is 0. The minimum Gasteiger partial charge on any atom is -0.508 e. The van der Waals surface area contributed by atoms with Crippen LogP contribution in [0.5, 0.6) is 11.5 Å². The van der Waals surface area contributed by atoms with E-state index in [0.717, 1.165) is 0 Å². The number of carboxylic acid groups (broad SMARTS) is 2. The Labute approximate surface area is 252 Å². The summed E-state index contributed by atoms with van der Waals surface area (Å²) in [5.41, 5.74) is 7.74. The highest BCUT2D eigenvalue weighted by atomic mass is 16.4. The fourth-order valence-electron chi connectivity index (χ4n) is 4.31. The van der Waals surface area contributed by atoms with Crippen molar-refractivity contribution < 1.29 is 44.4 Å². The maximum atomic E-state index is 13.4. The van der Waals surface area contributed by atoms with Crippen LogP contribution in [-0.2, 0) is 43.2 Å². The lowest BCUT2D eigenvalue weighted by Gasteiger charge is -2.25. The molecule has 0 spiro atoms. The molecule has 0 heterocycles. The molecule has 0 saturated carbocycles. The highest BCUT2D eigenvalue weighted by Gasteiger charge is 2.32. The molecule has 0 bridgehead atoms. The van der Waals surface area contributed by atoms with Crippen LogP contribution in [0.3, 0.4) is 0 Å². The highest BCUT2D eigenvalue weighted by Crippen LogP contribution is 2.13. The van der Waals surface area contributed by atoms with Gasteiger partial charge in [0.2, 0.25) is 17.7 Å². The number of hydrogen-bond donors (Lipinski definition) is 8. The number of carbonyl (C=O) groups excluding carboxylic acids is 3. The smallest absolute Gasteiger partial charge is 0.326 e. The molecule has 44 heavy (non-hydrogen) atoms. The number of aliphatic carboxylic acids is 2. The summed E-state index contributed by atoms with van der Waals surface area (Å²) in [7, 11) is 0. The summed E-state index contributed by atoms with van der Waals surface area (Å²) in [5.74, 6) is -5.38. The molecule has 0 aliphatic carbocycles. The topological polar surface area (TPSA) is 228 Å². The Morgan fingerprint density at radius 3 is 1.52 bits per heavy atom. The Morgan fingerprint density at radius 2 is 1.00 bits per heavy atom. The van der Waals surface area contributed by atoms with Crippen LogP contribution >= 0.6 is 0 Å². The molecule has 0 fully saturated rings. The molecule has 13 nitrogen and oxygen atoms in total. The van der Waals surface area contributed by atoms with Crippen molar-refractivity contribution in [2.75, 3.05) is 0 Å². The van der Waals surface area contributed by atoms with E-state index in [1.165, 1.54) is 36.4 Å². The van der Waals surface area contributed by atoms with Crippen LogP contribution in [0.2, 0.25) is 0 Å². The molecule has 0 aliphatic heterocycles. The number of nitrogens with two attached hydrogens (primary N) is 1. The third-order valence-electron chi connectivity index (χ3n) is 6.65. The summed E-state index contributed by atoms with van der Waals surface area (Å²) in [4.78, 5) is 63.0. The lowest BCUT2D eigenvalue weighted by Crippen LogP contribution is -2.58. The average Bonchev–Trinajstić information content (AvgIpc) is 2.98. The maximum absolute atomic E-state index is 13.4. The van der Waals surface area contributed by atoms with Gasteiger partial charge in [-0.05, 0) is 47.4 Å². The van der Waals surface area contributed by atoms with Gasteiger partial charge in [0.25, 0.3) is 0 Å². The fraction of sp³-hybridized carbons (Fsp3) is 0.258. The van der Waals surface area contributed by atoms with Crippen LogP contribution in [0.4, 0.5) is 0 Å². The summed E-state index contributed by atoms with van der Waals surface area (Å²) >= 11 is 0. The molecule has 4 unspecified atom stereocenters. The monoisotopic (exact) mass is 606 g/mol. The first kappa shape index (κ1) is 33.1. The number of nitrogens with one attached hydrogen (secondary N) is 3. The summed E-state index contributed by atoms with van der Waals surface area (Å²) in [5, 5.41) is 45.3. The van der Waals surface area contributed by atoms with Gasteiger partial charge in [0.15, 0.2) is 0 Å². The van der Waals surface area contributed by atoms with E-state index in [1.807, 2.05) is 0 Å². The number of phenols is 2. The molecule has 9 N–H and O–H groups in total.